The fraction of sp³-hybridized carbons (Fsp3) is 0.684. The average Bonchev–Trinajstić information content (AvgIpc) is 2.67. The summed E-state index contributed by atoms with van der Waals surface area (Å²) in [6.07, 6.45) is 4.80. The molecule has 3 rings (SSSR count). The van der Waals surface area contributed by atoms with Gasteiger partial charge in [0.2, 0.25) is 11.9 Å². The molecule has 0 unspecified atom stereocenters. The van der Waals surface area contributed by atoms with Gasteiger partial charge in [0.15, 0.2) is 0 Å². The quantitative estimate of drug-likeness (QED) is 0.784. The molecule has 0 aliphatic carbocycles. The van der Waals surface area contributed by atoms with E-state index in [1.807, 2.05) is 25.7 Å². The largest absolute Gasteiger partial charge is 0.444 e. The molecule has 3 heterocycles. The maximum Gasteiger partial charge on any atom is 0.410 e. The van der Waals surface area contributed by atoms with Crippen LogP contribution >= 0.6 is 0 Å². The Morgan fingerprint density at radius 1 is 0.963 bits per heavy atom. The van der Waals surface area contributed by atoms with Crippen molar-refractivity contribution in [1.82, 2.24) is 19.8 Å². The second-order valence-corrected chi connectivity index (χ2v) is 8.10. The second kappa shape index (κ2) is 8.10. The van der Waals surface area contributed by atoms with Crippen molar-refractivity contribution in [2.24, 2.45) is 5.92 Å². The maximum absolute atomic E-state index is 12.8. The zero-order valence-electron chi connectivity index (χ0n) is 16.4. The molecule has 0 N–H and O–H groups in total. The van der Waals surface area contributed by atoms with E-state index in [-0.39, 0.29) is 17.9 Å². The number of aromatic nitrogens is 2. The first-order chi connectivity index (χ1) is 12.8. The van der Waals surface area contributed by atoms with E-state index in [2.05, 4.69) is 14.9 Å². The average molecular weight is 375 g/mol. The third kappa shape index (κ3) is 5.08. The van der Waals surface area contributed by atoms with E-state index in [4.69, 9.17) is 4.74 Å². The van der Waals surface area contributed by atoms with E-state index in [0.29, 0.717) is 26.2 Å². The minimum Gasteiger partial charge on any atom is -0.444 e. The van der Waals surface area contributed by atoms with Crippen molar-refractivity contribution in [2.75, 3.05) is 44.2 Å². The lowest BCUT2D eigenvalue weighted by molar-refractivity contribution is -0.138. The molecule has 2 aliphatic rings. The number of anilines is 1. The summed E-state index contributed by atoms with van der Waals surface area (Å²) in [7, 11) is 0. The third-order valence-electron chi connectivity index (χ3n) is 4.92. The van der Waals surface area contributed by atoms with Gasteiger partial charge in [-0.3, -0.25) is 4.79 Å². The Kier molecular flexibility index (Phi) is 5.82. The van der Waals surface area contributed by atoms with Crippen molar-refractivity contribution >= 4 is 17.9 Å². The summed E-state index contributed by atoms with van der Waals surface area (Å²) in [4.78, 5) is 39.3. The molecule has 2 saturated heterocycles. The van der Waals surface area contributed by atoms with E-state index in [0.717, 1.165) is 31.9 Å². The molecule has 8 nitrogen and oxygen atoms in total. The highest BCUT2D eigenvalue weighted by atomic mass is 16.6. The summed E-state index contributed by atoms with van der Waals surface area (Å²) in [6, 6.07) is 1.80. The topological polar surface area (TPSA) is 78.9 Å². The highest BCUT2D eigenvalue weighted by Crippen LogP contribution is 2.23. The molecule has 2 fully saturated rings. The minimum absolute atomic E-state index is 0.0399. The van der Waals surface area contributed by atoms with Gasteiger partial charge in [0.1, 0.15) is 5.60 Å². The van der Waals surface area contributed by atoms with E-state index in [1.54, 1.807) is 23.4 Å². The molecule has 0 aromatic carbocycles. The van der Waals surface area contributed by atoms with Gasteiger partial charge < -0.3 is 19.4 Å². The highest BCUT2D eigenvalue weighted by molar-refractivity contribution is 5.79. The molecule has 8 heteroatoms. The van der Waals surface area contributed by atoms with Crippen LogP contribution in [0.5, 0.6) is 0 Å². The van der Waals surface area contributed by atoms with Gasteiger partial charge in [0.25, 0.3) is 0 Å². The predicted molar refractivity (Wildman–Crippen MR) is 101 cm³/mol. The number of hydrogen-bond acceptors (Lipinski definition) is 6. The van der Waals surface area contributed by atoms with Crippen LogP contribution in [0.4, 0.5) is 10.7 Å². The van der Waals surface area contributed by atoms with Gasteiger partial charge in [-0.1, -0.05) is 0 Å². The van der Waals surface area contributed by atoms with Gasteiger partial charge in [0.05, 0.1) is 0 Å². The number of ether oxygens (including phenoxy) is 1. The van der Waals surface area contributed by atoms with Crippen LogP contribution in [0.2, 0.25) is 0 Å². The van der Waals surface area contributed by atoms with Crippen molar-refractivity contribution in [3.63, 3.8) is 0 Å². The summed E-state index contributed by atoms with van der Waals surface area (Å²) in [5, 5.41) is 0. The van der Waals surface area contributed by atoms with Crippen molar-refractivity contribution < 1.29 is 14.3 Å². The van der Waals surface area contributed by atoms with E-state index in [9.17, 15) is 9.59 Å². The van der Waals surface area contributed by atoms with Crippen LogP contribution in [0.3, 0.4) is 0 Å². The van der Waals surface area contributed by atoms with Gasteiger partial charge in [-0.25, -0.2) is 14.8 Å². The fourth-order valence-corrected chi connectivity index (χ4v) is 3.48. The number of hydrogen-bond donors (Lipinski definition) is 0. The molecule has 0 atom stereocenters. The van der Waals surface area contributed by atoms with Crippen LogP contribution < -0.4 is 4.90 Å². The van der Waals surface area contributed by atoms with Gasteiger partial charge in [0, 0.05) is 57.6 Å². The highest BCUT2D eigenvalue weighted by Gasteiger charge is 2.32. The Morgan fingerprint density at radius 2 is 1.52 bits per heavy atom. The second-order valence-electron chi connectivity index (χ2n) is 8.10. The molecule has 0 spiro atoms. The van der Waals surface area contributed by atoms with Gasteiger partial charge in [-0.05, 0) is 39.7 Å². The monoisotopic (exact) mass is 375 g/mol. The van der Waals surface area contributed by atoms with Crippen LogP contribution in [0, 0.1) is 5.92 Å². The van der Waals surface area contributed by atoms with E-state index < -0.39 is 5.60 Å². The van der Waals surface area contributed by atoms with Gasteiger partial charge in [-0.2, -0.15) is 0 Å². The number of carbonyl (C=O) groups is 2. The van der Waals surface area contributed by atoms with Crippen LogP contribution in [0.25, 0.3) is 0 Å². The Morgan fingerprint density at radius 3 is 2.07 bits per heavy atom. The first-order valence-electron chi connectivity index (χ1n) is 9.62. The predicted octanol–water partition coefficient (Wildman–Crippen LogP) is 1.77. The van der Waals surface area contributed by atoms with Crippen molar-refractivity contribution in [1.29, 1.82) is 0 Å². The molecule has 2 aliphatic heterocycles. The lowest BCUT2D eigenvalue weighted by Gasteiger charge is -2.38. The summed E-state index contributed by atoms with van der Waals surface area (Å²) < 4.78 is 5.41. The van der Waals surface area contributed by atoms with Gasteiger partial charge in [-0.15, -0.1) is 0 Å². The first kappa shape index (κ1) is 19.4. The Balaban J connectivity index is 1.45. The number of carbonyl (C=O) groups excluding carboxylic acids is 2. The fourth-order valence-electron chi connectivity index (χ4n) is 3.48. The zero-order chi connectivity index (χ0) is 19.4. The number of piperidine rings is 1. The lowest BCUT2D eigenvalue weighted by Crippen LogP contribution is -2.53. The minimum atomic E-state index is -0.500. The van der Waals surface area contributed by atoms with Crippen LogP contribution in [0.15, 0.2) is 18.5 Å². The molecule has 27 heavy (non-hydrogen) atoms. The smallest absolute Gasteiger partial charge is 0.410 e. The Bertz CT molecular complexity index is 645. The summed E-state index contributed by atoms with van der Waals surface area (Å²) in [5.41, 5.74) is -0.500. The normalized spacial score (nSPS) is 19.1. The number of rotatable bonds is 2. The number of piperazine rings is 1. The maximum atomic E-state index is 12.8. The zero-order valence-corrected chi connectivity index (χ0v) is 16.4. The molecule has 0 radical (unpaired) electrons. The summed E-state index contributed by atoms with van der Waals surface area (Å²) in [5.74, 6) is 0.972. The van der Waals surface area contributed by atoms with Crippen molar-refractivity contribution in [3.8, 4) is 0 Å². The molecule has 0 bridgehead atoms. The molecular weight excluding hydrogens is 346 g/mol. The van der Waals surface area contributed by atoms with Crippen molar-refractivity contribution in [3.05, 3.63) is 18.5 Å². The van der Waals surface area contributed by atoms with Crippen LogP contribution in [-0.2, 0) is 9.53 Å². The standard InChI is InChI=1S/C19H29N5O3/c1-19(2,3)27-18(26)24-13-11-22(12-14-24)16(25)15-5-9-23(10-6-15)17-20-7-4-8-21-17/h4,7-8,15H,5-6,9-14H2,1-3H3. The lowest BCUT2D eigenvalue weighted by atomic mass is 9.95. The summed E-state index contributed by atoms with van der Waals surface area (Å²) >= 11 is 0. The number of amides is 2. The summed E-state index contributed by atoms with van der Waals surface area (Å²) in [6.45, 7) is 9.35. The molecule has 0 saturated carbocycles. The Hall–Kier alpha value is -2.38. The van der Waals surface area contributed by atoms with Crippen LogP contribution in [0.1, 0.15) is 33.6 Å². The Labute approximate surface area is 160 Å². The van der Waals surface area contributed by atoms with E-state index >= 15 is 0 Å². The molecule has 148 valence electrons. The van der Waals surface area contributed by atoms with Crippen LogP contribution in [-0.4, -0.2) is 76.6 Å². The molecule has 1 aromatic rings. The molecular formula is C19H29N5O3. The number of nitrogens with zero attached hydrogens (tertiary/aromatic N) is 5. The third-order valence-corrected chi connectivity index (χ3v) is 4.92. The first-order valence-corrected chi connectivity index (χ1v) is 9.62. The molecule has 1 aromatic heterocycles. The van der Waals surface area contributed by atoms with E-state index in [1.165, 1.54) is 0 Å². The molecule has 2 amide bonds. The van der Waals surface area contributed by atoms with Gasteiger partial charge >= 0.3 is 6.09 Å². The van der Waals surface area contributed by atoms with Crippen molar-refractivity contribution in [2.45, 2.75) is 39.2 Å². The SMILES string of the molecule is CC(C)(C)OC(=O)N1CCN(C(=O)C2CCN(c3ncccn3)CC2)CC1.